The third-order valence-corrected chi connectivity index (χ3v) is 9.10. The van der Waals surface area contributed by atoms with E-state index in [0.29, 0.717) is 12.5 Å². The van der Waals surface area contributed by atoms with Crippen LogP contribution in [0.1, 0.15) is 83.0 Å². The molecule has 220 valence electrons. The zero-order valence-corrected chi connectivity index (χ0v) is 25.4. The summed E-state index contributed by atoms with van der Waals surface area (Å²) in [6.45, 7) is 6.46. The Hall–Kier alpha value is -4.19. The summed E-state index contributed by atoms with van der Waals surface area (Å²) in [6.07, 6.45) is 11.5. The SMILES string of the molecule is CC(C)(C)OC(=O)N1CCC[C@H]1C1=NC=C(c2cccc(-c3cccc4cc(-c5cnc(C6CCCC6)[nH]5)ccc34)c2)C1. The van der Waals surface area contributed by atoms with Crippen molar-refractivity contribution in [3.63, 3.8) is 0 Å². The molecule has 1 aromatic heterocycles. The molecule has 0 bridgehead atoms. The van der Waals surface area contributed by atoms with Crippen LogP contribution in [0.15, 0.2) is 78.1 Å². The van der Waals surface area contributed by atoms with Crippen LogP contribution in [0.4, 0.5) is 4.79 Å². The van der Waals surface area contributed by atoms with Crippen molar-refractivity contribution < 1.29 is 9.53 Å². The van der Waals surface area contributed by atoms with Crippen LogP contribution in [0.25, 0.3) is 38.7 Å². The summed E-state index contributed by atoms with van der Waals surface area (Å²) >= 11 is 0. The highest BCUT2D eigenvalue weighted by atomic mass is 16.6. The minimum atomic E-state index is -0.508. The summed E-state index contributed by atoms with van der Waals surface area (Å²) in [6, 6.07) is 22.0. The molecule has 6 heteroatoms. The summed E-state index contributed by atoms with van der Waals surface area (Å²) in [5.74, 6) is 1.71. The lowest BCUT2D eigenvalue weighted by atomic mass is 9.93. The highest BCUT2D eigenvalue weighted by molar-refractivity contribution is 6.04. The van der Waals surface area contributed by atoms with Gasteiger partial charge in [0.05, 0.1) is 17.9 Å². The summed E-state index contributed by atoms with van der Waals surface area (Å²) < 4.78 is 5.69. The van der Waals surface area contributed by atoms with Crippen LogP contribution >= 0.6 is 0 Å². The van der Waals surface area contributed by atoms with E-state index in [9.17, 15) is 4.79 Å². The van der Waals surface area contributed by atoms with Gasteiger partial charge in [-0.3, -0.25) is 9.89 Å². The Kier molecular flexibility index (Phi) is 7.16. The van der Waals surface area contributed by atoms with E-state index in [2.05, 4.69) is 65.6 Å². The number of imidazole rings is 1. The Bertz CT molecular complexity index is 1730. The lowest BCUT2D eigenvalue weighted by molar-refractivity contribution is 0.0265. The number of likely N-dealkylation sites (tertiary alicyclic amines) is 1. The third kappa shape index (κ3) is 5.63. The normalized spacial score (nSPS) is 19.2. The van der Waals surface area contributed by atoms with Gasteiger partial charge in [0.15, 0.2) is 0 Å². The number of rotatable bonds is 5. The average molecular weight is 573 g/mol. The van der Waals surface area contributed by atoms with Gasteiger partial charge in [-0.25, -0.2) is 9.78 Å². The number of aromatic amines is 1. The molecule has 3 heterocycles. The number of hydrogen-bond donors (Lipinski definition) is 1. The molecule has 0 radical (unpaired) electrons. The summed E-state index contributed by atoms with van der Waals surface area (Å²) in [5, 5.41) is 2.45. The fraction of sp³-hybridized carbons (Fsp3) is 0.378. The number of hydrogen-bond acceptors (Lipinski definition) is 4. The van der Waals surface area contributed by atoms with Gasteiger partial charge < -0.3 is 9.72 Å². The fourth-order valence-electron chi connectivity index (χ4n) is 6.96. The molecule has 1 atom stereocenters. The van der Waals surface area contributed by atoms with Gasteiger partial charge in [-0.1, -0.05) is 61.4 Å². The molecule has 1 N–H and O–H groups in total. The number of ether oxygens (including phenoxy) is 1. The molecule has 1 saturated carbocycles. The van der Waals surface area contributed by atoms with Gasteiger partial charge in [0.2, 0.25) is 0 Å². The van der Waals surface area contributed by atoms with Crippen LogP contribution in [-0.4, -0.2) is 44.9 Å². The van der Waals surface area contributed by atoms with E-state index < -0.39 is 5.60 Å². The molecule has 7 rings (SSSR count). The van der Waals surface area contributed by atoms with Crippen molar-refractivity contribution >= 4 is 28.2 Å². The molecular weight excluding hydrogens is 532 g/mol. The van der Waals surface area contributed by atoms with Gasteiger partial charge >= 0.3 is 6.09 Å². The van der Waals surface area contributed by atoms with Gasteiger partial charge in [-0.2, -0.15) is 0 Å². The Labute approximate surface area is 253 Å². The minimum absolute atomic E-state index is 0.00293. The van der Waals surface area contributed by atoms with E-state index in [1.807, 2.05) is 38.1 Å². The van der Waals surface area contributed by atoms with Crippen LogP contribution in [0, 0.1) is 0 Å². The molecule has 0 unspecified atom stereocenters. The number of aromatic nitrogens is 2. The van der Waals surface area contributed by atoms with Crippen molar-refractivity contribution in [2.75, 3.05) is 6.54 Å². The summed E-state index contributed by atoms with van der Waals surface area (Å²) in [5.41, 5.74) is 7.57. The molecule has 3 aromatic carbocycles. The monoisotopic (exact) mass is 572 g/mol. The predicted molar refractivity (Wildman–Crippen MR) is 174 cm³/mol. The van der Waals surface area contributed by atoms with Crippen LogP contribution < -0.4 is 0 Å². The lowest BCUT2D eigenvalue weighted by Crippen LogP contribution is -2.43. The molecule has 3 aliphatic rings. The molecule has 2 fully saturated rings. The molecule has 4 aromatic rings. The number of nitrogens with one attached hydrogen (secondary N) is 1. The van der Waals surface area contributed by atoms with Crippen molar-refractivity contribution in [2.24, 2.45) is 4.99 Å². The topological polar surface area (TPSA) is 70.6 Å². The largest absolute Gasteiger partial charge is 0.444 e. The molecule has 0 spiro atoms. The zero-order valence-electron chi connectivity index (χ0n) is 25.4. The molecule has 2 aliphatic heterocycles. The highest BCUT2D eigenvalue weighted by Crippen LogP contribution is 2.37. The quantitative estimate of drug-likeness (QED) is 0.259. The van der Waals surface area contributed by atoms with Crippen LogP contribution in [0.5, 0.6) is 0 Å². The number of fused-ring (bicyclic) bond motifs is 1. The van der Waals surface area contributed by atoms with E-state index in [-0.39, 0.29) is 12.1 Å². The second kappa shape index (κ2) is 11.1. The van der Waals surface area contributed by atoms with Crippen molar-refractivity contribution in [3.05, 3.63) is 84.4 Å². The van der Waals surface area contributed by atoms with Crippen molar-refractivity contribution in [3.8, 4) is 22.4 Å². The van der Waals surface area contributed by atoms with Crippen molar-refractivity contribution in [1.82, 2.24) is 14.9 Å². The highest BCUT2D eigenvalue weighted by Gasteiger charge is 2.36. The van der Waals surface area contributed by atoms with E-state index in [1.54, 1.807) is 0 Å². The average Bonchev–Trinajstić information content (AvgIpc) is 3.82. The van der Waals surface area contributed by atoms with Gasteiger partial charge in [-0.05, 0) is 91.6 Å². The first-order valence-corrected chi connectivity index (χ1v) is 15.8. The Morgan fingerprint density at radius 3 is 2.58 bits per heavy atom. The summed E-state index contributed by atoms with van der Waals surface area (Å²) in [7, 11) is 0. The van der Waals surface area contributed by atoms with Crippen LogP contribution in [0.2, 0.25) is 0 Å². The van der Waals surface area contributed by atoms with Gasteiger partial charge in [0.1, 0.15) is 11.4 Å². The number of H-pyrrole nitrogens is 1. The standard InChI is InChI=1S/C37H40N4O2/c1-37(2,3)43-36(42)41-18-8-15-34(41)32-21-29(22-38-32)25-11-6-12-26(19-25)30-14-7-13-27-20-28(16-17-31(27)30)33-23-39-35(40-33)24-9-4-5-10-24/h6-7,11-14,16-17,19-20,22-24,34H,4-5,8-10,15,18,21H2,1-3H3,(H,39,40)/t34-/m0/s1. The molecular formula is C37H40N4O2. The number of benzene rings is 3. The van der Waals surface area contributed by atoms with Gasteiger partial charge in [-0.15, -0.1) is 0 Å². The first kappa shape index (κ1) is 27.6. The molecule has 1 amide bonds. The molecule has 6 nitrogen and oxygen atoms in total. The lowest BCUT2D eigenvalue weighted by Gasteiger charge is -2.28. The smallest absolute Gasteiger partial charge is 0.410 e. The van der Waals surface area contributed by atoms with Crippen LogP contribution in [-0.2, 0) is 4.74 Å². The molecule has 1 aliphatic carbocycles. The Morgan fingerprint density at radius 2 is 1.74 bits per heavy atom. The van der Waals surface area contributed by atoms with Gasteiger partial charge in [0.25, 0.3) is 0 Å². The maximum atomic E-state index is 12.9. The number of carbonyl (C=O) groups is 1. The minimum Gasteiger partial charge on any atom is -0.444 e. The number of amides is 1. The van der Waals surface area contributed by atoms with Crippen molar-refractivity contribution in [2.45, 2.75) is 83.3 Å². The first-order chi connectivity index (χ1) is 20.8. The Morgan fingerprint density at radius 1 is 0.930 bits per heavy atom. The van der Waals surface area contributed by atoms with E-state index in [1.165, 1.54) is 64.3 Å². The van der Waals surface area contributed by atoms with E-state index >= 15 is 0 Å². The van der Waals surface area contributed by atoms with Gasteiger partial charge in [0, 0.05) is 36.4 Å². The maximum absolute atomic E-state index is 12.9. The second-order valence-corrected chi connectivity index (χ2v) is 13.3. The van der Waals surface area contributed by atoms with E-state index in [0.717, 1.165) is 36.5 Å². The molecule has 1 saturated heterocycles. The predicted octanol–water partition coefficient (Wildman–Crippen LogP) is 9.14. The Balaban J connectivity index is 1.10. The van der Waals surface area contributed by atoms with E-state index in [4.69, 9.17) is 14.7 Å². The van der Waals surface area contributed by atoms with Crippen LogP contribution in [0.3, 0.4) is 0 Å². The number of carbonyl (C=O) groups excluding carboxylic acids is 1. The third-order valence-electron chi connectivity index (χ3n) is 9.10. The number of aliphatic imine (C=N–C) groups is 1. The number of allylic oxidation sites excluding steroid dienone is 1. The maximum Gasteiger partial charge on any atom is 0.410 e. The molecule has 43 heavy (non-hydrogen) atoms. The first-order valence-electron chi connectivity index (χ1n) is 15.8. The fourth-order valence-corrected chi connectivity index (χ4v) is 6.96. The summed E-state index contributed by atoms with van der Waals surface area (Å²) in [4.78, 5) is 27.9. The zero-order chi connectivity index (χ0) is 29.6. The second-order valence-electron chi connectivity index (χ2n) is 13.3. The number of nitrogens with zero attached hydrogens (tertiary/aromatic N) is 3. The van der Waals surface area contributed by atoms with Crippen molar-refractivity contribution in [1.29, 1.82) is 0 Å².